The van der Waals surface area contributed by atoms with E-state index < -0.39 is 0 Å². The SMILES string of the molecule is CC(C#Cc1ccccc1)C(=O)c1ccccc1. The first-order valence-corrected chi connectivity index (χ1v) is 5.93. The molecule has 0 radical (unpaired) electrons. The second-order valence-corrected chi connectivity index (χ2v) is 4.09. The summed E-state index contributed by atoms with van der Waals surface area (Å²) in [5.41, 5.74) is 1.65. The van der Waals surface area contributed by atoms with Crippen LogP contribution >= 0.6 is 0 Å². The first kappa shape index (κ1) is 12.1. The summed E-state index contributed by atoms with van der Waals surface area (Å²) >= 11 is 0. The Hall–Kier alpha value is -2.33. The Kier molecular flexibility index (Phi) is 3.94. The van der Waals surface area contributed by atoms with Crippen LogP contribution in [-0.2, 0) is 0 Å². The molecule has 1 heteroatoms. The molecule has 0 saturated carbocycles. The normalized spacial score (nSPS) is 11.2. The molecule has 0 N–H and O–H groups in total. The average molecular weight is 234 g/mol. The lowest BCUT2D eigenvalue weighted by Crippen LogP contribution is -2.08. The number of carbonyl (C=O) groups excluding carboxylic acids is 1. The lowest BCUT2D eigenvalue weighted by Gasteiger charge is -2.02. The van der Waals surface area contributed by atoms with E-state index in [9.17, 15) is 4.79 Å². The van der Waals surface area contributed by atoms with E-state index in [1.165, 1.54) is 0 Å². The Morgan fingerprint density at radius 2 is 1.50 bits per heavy atom. The number of rotatable bonds is 2. The van der Waals surface area contributed by atoms with Crippen LogP contribution in [0.25, 0.3) is 0 Å². The van der Waals surface area contributed by atoms with Gasteiger partial charge in [0.1, 0.15) is 0 Å². The highest BCUT2D eigenvalue weighted by atomic mass is 16.1. The number of ketones is 1. The van der Waals surface area contributed by atoms with Crippen molar-refractivity contribution in [2.75, 3.05) is 0 Å². The molecule has 0 heterocycles. The quantitative estimate of drug-likeness (QED) is 0.573. The van der Waals surface area contributed by atoms with Crippen LogP contribution in [0, 0.1) is 17.8 Å². The Balaban J connectivity index is 2.12. The highest BCUT2D eigenvalue weighted by Gasteiger charge is 2.11. The maximum atomic E-state index is 12.1. The van der Waals surface area contributed by atoms with Crippen LogP contribution in [0.2, 0.25) is 0 Å². The molecular weight excluding hydrogens is 220 g/mol. The van der Waals surface area contributed by atoms with Gasteiger partial charge in [-0.15, -0.1) is 0 Å². The van der Waals surface area contributed by atoms with Crippen LogP contribution in [0.1, 0.15) is 22.8 Å². The van der Waals surface area contributed by atoms with Crippen molar-refractivity contribution in [3.63, 3.8) is 0 Å². The smallest absolute Gasteiger partial charge is 0.177 e. The summed E-state index contributed by atoms with van der Waals surface area (Å²) in [4.78, 5) is 12.1. The molecule has 0 aliphatic carbocycles. The molecule has 0 spiro atoms. The first-order valence-electron chi connectivity index (χ1n) is 5.93. The zero-order chi connectivity index (χ0) is 12.8. The standard InChI is InChI=1S/C17H14O/c1-14(12-13-15-8-4-2-5-9-15)17(18)16-10-6-3-7-11-16/h2-11,14H,1H3. The molecule has 0 aliphatic heterocycles. The van der Waals surface area contributed by atoms with E-state index in [1.807, 2.05) is 67.6 Å². The highest BCUT2D eigenvalue weighted by Crippen LogP contribution is 2.08. The lowest BCUT2D eigenvalue weighted by atomic mass is 9.99. The fourth-order valence-electron chi connectivity index (χ4n) is 1.63. The molecule has 0 amide bonds. The van der Waals surface area contributed by atoms with E-state index in [4.69, 9.17) is 0 Å². The summed E-state index contributed by atoms with van der Waals surface area (Å²) in [6.07, 6.45) is 0. The number of carbonyl (C=O) groups is 1. The predicted octanol–water partition coefficient (Wildman–Crippen LogP) is 3.56. The summed E-state index contributed by atoms with van der Waals surface area (Å²) in [5.74, 6) is 5.81. The van der Waals surface area contributed by atoms with Gasteiger partial charge in [0.2, 0.25) is 0 Å². The van der Waals surface area contributed by atoms with Gasteiger partial charge < -0.3 is 0 Å². The Bertz CT molecular complexity index is 573. The molecule has 0 fully saturated rings. The maximum Gasteiger partial charge on any atom is 0.177 e. The van der Waals surface area contributed by atoms with Gasteiger partial charge in [-0.05, 0) is 19.1 Å². The molecule has 0 aliphatic rings. The van der Waals surface area contributed by atoms with E-state index >= 15 is 0 Å². The summed E-state index contributed by atoms with van der Waals surface area (Å²) < 4.78 is 0. The molecule has 1 unspecified atom stereocenters. The summed E-state index contributed by atoms with van der Waals surface area (Å²) in [6.45, 7) is 1.84. The molecule has 0 aromatic heterocycles. The van der Waals surface area contributed by atoms with Crippen LogP contribution in [0.4, 0.5) is 0 Å². The second kappa shape index (κ2) is 5.84. The number of benzene rings is 2. The number of Topliss-reactive ketones (excluding diaryl/α,β-unsaturated/α-hetero) is 1. The molecule has 18 heavy (non-hydrogen) atoms. The fourth-order valence-corrected chi connectivity index (χ4v) is 1.63. The van der Waals surface area contributed by atoms with Crippen molar-refractivity contribution in [3.8, 4) is 11.8 Å². The molecule has 88 valence electrons. The Morgan fingerprint density at radius 1 is 0.944 bits per heavy atom. The van der Waals surface area contributed by atoms with Gasteiger partial charge in [-0.25, -0.2) is 0 Å². The van der Waals surface area contributed by atoms with E-state index in [-0.39, 0.29) is 11.7 Å². The molecule has 2 aromatic carbocycles. The van der Waals surface area contributed by atoms with Gasteiger partial charge >= 0.3 is 0 Å². The monoisotopic (exact) mass is 234 g/mol. The third kappa shape index (κ3) is 3.09. The molecule has 2 aromatic rings. The Labute approximate surface area is 107 Å². The van der Waals surface area contributed by atoms with E-state index in [0.717, 1.165) is 5.56 Å². The third-order valence-electron chi connectivity index (χ3n) is 2.66. The molecule has 0 bridgehead atoms. The van der Waals surface area contributed by atoms with Gasteiger partial charge in [-0.2, -0.15) is 0 Å². The van der Waals surface area contributed by atoms with Crippen LogP contribution in [-0.4, -0.2) is 5.78 Å². The van der Waals surface area contributed by atoms with Crippen LogP contribution in [0.15, 0.2) is 60.7 Å². The first-order chi connectivity index (χ1) is 8.77. The fraction of sp³-hybridized carbons (Fsp3) is 0.118. The van der Waals surface area contributed by atoms with Crippen molar-refractivity contribution in [2.45, 2.75) is 6.92 Å². The van der Waals surface area contributed by atoms with Gasteiger partial charge in [-0.1, -0.05) is 60.4 Å². The van der Waals surface area contributed by atoms with Crippen molar-refractivity contribution >= 4 is 5.78 Å². The average Bonchev–Trinajstić information content (AvgIpc) is 2.46. The zero-order valence-corrected chi connectivity index (χ0v) is 10.3. The molecule has 1 atom stereocenters. The van der Waals surface area contributed by atoms with Gasteiger partial charge in [0, 0.05) is 11.1 Å². The lowest BCUT2D eigenvalue weighted by molar-refractivity contribution is 0.0957. The maximum absolute atomic E-state index is 12.1. The molecule has 0 saturated heterocycles. The largest absolute Gasteiger partial charge is 0.293 e. The van der Waals surface area contributed by atoms with E-state index in [0.29, 0.717) is 5.56 Å². The van der Waals surface area contributed by atoms with Crippen molar-refractivity contribution in [3.05, 3.63) is 71.8 Å². The molecule has 2 rings (SSSR count). The van der Waals surface area contributed by atoms with Crippen molar-refractivity contribution in [1.82, 2.24) is 0 Å². The highest BCUT2D eigenvalue weighted by molar-refractivity contribution is 5.99. The topological polar surface area (TPSA) is 17.1 Å². The van der Waals surface area contributed by atoms with E-state index in [2.05, 4.69) is 11.8 Å². The van der Waals surface area contributed by atoms with Crippen molar-refractivity contribution in [1.29, 1.82) is 0 Å². The van der Waals surface area contributed by atoms with Crippen LogP contribution < -0.4 is 0 Å². The summed E-state index contributed by atoms with van der Waals surface area (Å²) in [5, 5.41) is 0. The van der Waals surface area contributed by atoms with Crippen LogP contribution in [0.3, 0.4) is 0 Å². The summed E-state index contributed by atoms with van der Waals surface area (Å²) in [6, 6.07) is 19.0. The van der Waals surface area contributed by atoms with Crippen LogP contribution in [0.5, 0.6) is 0 Å². The van der Waals surface area contributed by atoms with Gasteiger partial charge in [0.25, 0.3) is 0 Å². The second-order valence-electron chi connectivity index (χ2n) is 4.09. The third-order valence-corrected chi connectivity index (χ3v) is 2.66. The van der Waals surface area contributed by atoms with Gasteiger partial charge in [-0.3, -0.25) is 4.79 Å². The number of hydrogen-bond acceptors (Lipinski definition) is 1. The summed E-state index contributed by atoms with van der Waals surface area (Å²) in [7, 11) is 0. The predicted molar refractivity (Wildman–Crippen MR) is 73.3 cm³/mol. The van der Waals surface area contributed by atoms with Crippen molar-refractivity contribution in [2.24, 2.45) is 5.92 Å². The Morgan fingerprint density at radius 3 is 2.11 bits per heavy atom. The van der Waals surface area contributed by atoms with Gasteiger partial charge in [0.15, 0.2) is 5.78 Å². The minimum absolute atomic E-state index is 0.0685. The number of hydrogen-bond donors (Lipinski definition) is 0. The zero-order valence-electron chi connectivity index (χ0n) is 10.3. The van der Waals surface area contributed by atoms with Crippen molar-refractivity contribution < 1.29 is 4.79 Å². The minimum atomic E-state index is -0.285. The van der Waals surface area contributed by atoms with Gasteiger partial charge in [0.05, 0.1) is 5.92 Å². The minimum Gasteiger partial charge on any atom is -0.293 e. The molecular formula is C17H14O. The van der Waals surface area contributed by atoms with E-state index in [1.54, 1.807) is 0 Å². The molecule has 1 nitrogen and oxygen atoms in total.